The molecule has 0 amide bonds. The monoisotopic (exact) mass is 292 g/mol. The molecule has 0 N–H and O–H groups in total. The van der Waals surface area contributed by atoms with E-state index in [0.717, 1.165) is 6.42 Å². The Balaban J connectivity index is 2.21. The second kappa shape index (κ2) is 5.72. The number of benzene rings is 1. The summed E-state index contributed by atoms with van der Waals surface area (Å²) < 4.78 is 2.27. The predicted molar refractivity (Wildman–Crippen MR) is 93.7 cm³/mol. The van der Waals surface area contributed by atoms with Gasteiger partial charge in [0.15, 0.2) is 11.9 Å². The van der Waals surface area contributed by atoms with E-state index in [1.165, 1.54) is 47.3 Å². The van der Waals surface area contributed by atoms with Gasteiger partial charge in [-0.05, 0) is 56.0 Å². The first kappa shape index (κ1) is 15.0. The fourth-order valence-electron chi connectivity index (χ4n) is 3.53. The van der Waals surface area contributed by atoms with Crippen LogP contribution >= 0.6 is 0 Å². The molecule has 1 unspecified atom stereocenters. The molecular weight excluding hydrogens is 266 g/mol. The summed E-state index contributed by atoms with van der Waals surface area (Å²) in [4.78, 5) is 0. The summed E-state index contributed by atoms with van der Waals surface area (Å²) in [5.41, 5.74) is 6.71. The summed E-state index contributed by atoms with van der Waals surface area (Å²) >= 11 is 0. The molecule has 1 aliphatic heterocycles. The molecule has 1 aliphatic rings. The maximum absolute atomic E-state index is 4.41. The molecule has 3 rings (SSSR count). The van der Waals surface area contributed by atoms with Crippen LogP contribution in [0.25, 0.3) is 17.0 Å². The fourth-order valence-corrected chi connectivity index (χ4v) is 3.53. The van der Waals surface area contributed by atoms with E-state index in [4.69, 9.17) is 0 Å². The third kappa shape index (κ3) is 2.20. The summed E-state index contributed by atoms with van der Waals surface area (Å²) in [5, 5.41) is 0. The number of hydrogen-bond donors (Lipinski definition) is 0. The number of hydrogen-bond acceptors (Lipinski definition) is 0. The molecule has 2 aromatic rings. The first-order chi connectivity index (χ1) is 10.6. The topological polar surface area (TPSA) is 3.88 Å². The van der Waals surface area contributed by atoms with Gasteiger partial charge in [-0.1, -0.05) is 32.4 Å². The van der Waals surface area contributed by atoms with Crippen LogP contribution in [0.5, 0.6) is 0 Å². The van der Waals surface area contributed by atoms with E-state index in [9.17, 15) is 0 Å². The molecule has 1 atom stereocenters. The molecule has 0 spiro atoms. The molecule has 0 fully saturated rings. The molecular formula is C21H26N+. The van der Waals surface area contributed by atoms with Crippen LogP contribution < -0.4 is 4.57 Å². The van der Waals surface area contributed by atoms with Gasteiger partial charge in [0.05, 0.1) is 11.0 Å². The molecule has 1 nitrogen and oxygen atoms in total. The molecule has 1 aromatic carbocycles. The van der Waals surface area contributed by atoms with E-state index in [-0.39, 0.29) is 5.41 Å². The first-order valence-corrected chi connectivity index (χ1v) is 8.46. The van der Waals surface area contributed by atoms with Crippen LogP contribution in [0.3, 0.4) is 0 Å². The highest BCUT2D eigenvalue weighted by molar-refractivity contribution is 5.73. The van der Waals surface area contributed by atoms with E-state index >= 15 is 0 Å². The zero-order chi connectivity index (χ0) is 15.7. The summed E-state index contributed by atoms with van der Waals surface area (Å²) in [7, 11) is 0. The molecule has 0 aliphatic carbocycles. The van der Waals surface area contributed by atoms with E-state index in [2.05, 4.69) is 74.5 Å². The second-order valence-corrected chi connectivity index (χ2v) is 6.57. The normalized spacial score (nSPS) is 19.7. The average Bonchev–Trinajstić information content (AvgIpc) is 2.57. The van der Waals surface area contributed by atoms with Crippen LogP contribution in [0.2, 0.25) is 0 Å². The standard InChI is InChI=1S/C21H26N/c1-5-7-10-17-12-13-19-18(15-17)20-11-8-9-14-22(20)16(3)21(19,4)6-2/h8-9,11-15H,3,5-7,10H2,1-2,4H3/q+1. The van der Waals surface area contributed by atoms with Crippen LogP contribution in [-0.2, 0) is 11.8 Å². The highest BCUT2D eigenvalue weighted by Gasteiger charge is 2.42. The van der Waals surface area contributed by atoms with Crippen molar-refractivity contribution >= 4 is 5.70 Å². The molecule has 0 radical (unpaired) electrons. The Hall–Kier alpha value is -1.89. The van der Waals surface area contributed by atoms with Crippen molar-refractivity contribution in [2.24, 2.45) is 0 Å². The number of nitrogens with zero attached hydrogens (tertiary/aromatic N) is 1. The van der Waals surface area contributed by atoms with Crippen LogP contribution in [0.1, 0.15) is 51.2 Å². The molecule has 0 bridgehead atoms. The maximum atomic E-state index is 4.41. The fraction of sp³-hybridized carbons (Fsp3) is 0.381. The van der Waals surface area contributed by atoms with Crippen molar-refractivity contribution in [1.82, 2.24) is 0 Å². The lowest BCUT2D eigenvalue weighted by Gasteiger charge is -2.33. The minimum absolute atomic E-state index is 0.0115. The van der Waals surface area contributed by atoms with Gasteiger partial charge in [-0.25, -0.2) is 0 Å². The second-order valence-electron chi connectivity index (χ2n) is 6.57. The van der Waals surface area contributed by atoms with Crippen molar-refractivity contribution in [2.75, 3.05) is 0 Å². The third-order valence-electron chi connectivity index (χ3n) is 5.27. The van der Waals surface area contributed by atoms with Crippen LogP contribution in [0, 0.1) is 0 Å². The van der Waals surface area contributed by atoms with Gasteiger partial charge in [0.2, 0.25) is 5.69 Å². The number of allylic oxidation sites excluding steroid dienone is 1. The van der Waals surface area contributed by atoms with E-state index in [0.29, 0.717) is 0 Å². The summed E-state index contributed by atoms with van der Waals surface area (Å²) in [6, 6.07) is 13.5. The minimum atomic E-state index is 0.0115. The predicted octanol–water partition coefficient (Wildman–Crippen LogP) is 5.14. The third-order valence-corrected chi connectivity index (χ3v) is 5.27. The van der Waals surface area contributed by atoms with Crippen LogP contribution in [0.4, 0.5) is 0 Å². The molecule has 114 valence electrons. The zero-order valence-electron chi connectivity index (χ0n) is 14.0. The van der Waals surface area contributed by atoms with Gasteiger partial charge in [0.1, 0.15) is 0 Å². The summed E-state index contributed by atoms with van der Waals surface area (Å²) in [6.07, 6.45) is 6.87. The molecule has 22 heavy (non-hydrogen) atoms. The number of fused-ring (bicyclic) bond motifs is 3. The summed E-state index contributed by atoms with van der Waals surface area (Å²) in [5.74, 6) is 0. The van der Waals surface area contributed by atoms with Gasteiger partial charge in [-0.15, -0.1) is 0 Å². The highest BCUT2D eigenvalue weighted by Crippen LogP contribution is 2.43. The van der Waals surface area contributed by atoms with Gasteiger partial charge in [-0.3, -0.25) is 0 Å². The first-order valence-electron chi connectivity index (χ1n) is 8.46. The largest absolute Gasteiger partial charge is 0.218 e. The van der Waals surface area contributed by atoms with Gasteiger partial charge in [0.25, 0.3) is 0 Å². The maximum Gasteiger partial charge on any atom is 0.218 e. The molecule has 1 heteroatoms. The van der Waals surface area contributed by atoms with Gasteiger partial charge in [-0.2, -0.15) is 4.57 Å². The Kier molecular flexibility index (Phi) is 3.90. The Bertz CT molecular complexity index is 714. The lowest BCUT2D eigenvalue weighted by atomic mass is 9.72. The number of pyridine rings is 1. The number of aryl methyl sites for hydroxylation is 1. The minimum Gasteiger partial charge on any atom is -0.164 e. The molecule has 2 heterocycles. The Morgan fingerprint density at radius 3 is 2.68 bits per heavy atom. The Labute approximate surface area is 134 Å². The van der Waals surface area contributed by atoms with Crippen LogP contribution in [0.15, 0.2) is 49.2 Å². The lowest BCUT2D eigenvalue weighted by Crippen LogP contribution is -2.47. The van der Waals surface area contributed by atoms with E-state index in [1.54, 1.807) is 0 Å². The quantitative estimate of drug-likeness (QED) is 0.687. The van der Waals surface area contributed by atoms with Crippen molar-refractivity contribution < 1.29 is 4.57 Å². The van der Waals surface area contributed by atoms with Gasteiger partial charge >= 0.3 is 0 Å². The Morgan fingerprint density at radius 1 is 1.14 bits per heavy atom. The van der Waals surface area contributed by atoms with Crippen molar-refractivity contribution in [3.05, 3.63) is 60.3 Å². The van der Waals surface area contributed by atoms with E-state index < -0.39 is 0 Å². The number of rotatable bonds is 4. The highest BCUT2D eigenvalue weighted by atomic mass is 15.0. The molecule has 0 saturated heterocycles. The van der Waals surface area contributed by atoms with E-state index in [1.807, 2.05) is 0 Å². The molecule has 1 aromatic heterocycles. The lowest BCUT2D eigenvalue weighted by molar-refractivity contribution is -0.577. The smallest absolute Gasteiger partial charge is 0.164 e. The zero-order valence-corrected chi connectivity index (χ0v) is 14.0. The molecule has 0 saturated carbocycles. The van der Waals surface area contributed by atoms with Gasteiger partial charge < -0.3 is 0 Å². The van der Waals surface area contributed by atoms with Crippen molar-refractivity contribution in [1.29, 1.82) is 0 Å². The number of aromatic nitrogens is 1. The van der Waals surface area contributed by atoms with Crippen molar-refractivity contribution in [3.63, 3.8) is 0 Å². The van der Waals surface area contributed by atoms with Crippen molar-refractivity contribution in [2.45, 2.75) is 51.9 Å². The SMILES string of the molecule is C=C1[n+]2ccccc2-c2cc(CCCC)ccc2C1(C)CC. The number of unbranched alkanes of at least 4 members (excludes halogenated alkanes) is 1. The summed E-state index contributed by atoms with van der Waals surface area (Å²) in [6.45, 7) is 11.2. The van der Waals surface area contributed by atoms with Gasteiger partial charge in [0, 0.05) is 12.1 Å². The Morgan fingerprint density at radius 2 is 1.95 bits per heavy atom. The van der Waals surface area contributed by atoms with Crippen LogP contribution in [-0.4, -0.2) is 0 Å². The van der Waals surface area contributed by atoms with Crippen molar-refractivity contribution in [3.8, 4) is 11.3 Å². The average molecular weight is 292 g/mol.